The summed E-state index contributed by atoms with van der Waals surface area (Å²) in [5.41, 5.74) is 0. The first-order chi connectivity index (χ1) is 7.69. The van der Waals surface area contributed by atoms with Crippen molar-refractivity contribution in [3.8, 4) is 11.5 Å². The van der Waals surface area contributed by atoms with Crippen LogP contribution in [-0.4, -0.2) is 13.0 Å². The molecule has 0 atom stereocenters. The summed E-state index contributed by atoms with van der Waals surface area (Å²) in [6, 6.07) is 2.12. The predicted octanol–water partition coefficient (Wildman–Crippen LogP) is 4.71. The molecule has 0 heterocycles. The molecule has 0 fully saturated rings. The summed E-state index contributed by atoms with van der Waals surface area (Å²) in [7, 11) is 0. The van der Waals surface area contributed by atoms with Gasteiger partial charge in [0, 0.05) is 4.47 Å². The Bertz CT molecular complexity index is 408. The van der Waals surface area contributed by atoms with E-state index < -0.39 is 24.5 Å². The fourth-order valence-corrected chi connectivity index (χ4v) is 2.22. The standard InChI is InChI=1S/C8H3Br2F5O2/c9-3-1-4(10)6(16-7(11)12)5(2-3)17-8(13,14)15/h1-2,7H. The molecule has 0 radical (unpaired) electrons. The van der Waals surface area contributed by atoms with Crippen molar-refractivity contribution in [3.05, 3.63) is 21.1 Å². The van der Waals surface area contributed by atoms with E-state index in [1.54, 1.807) is 0 Å². The van der Waals surface area contributed by atoms with Gasteiger partial charge in [0.25, 0.3) is 0 Å². The van der Waals surface area contributed by atoms with E-state index in [1.807, 2.05) is 0 Å². The number of alkyl halides is 5. The molecule has 96 valence electrons. The zero-order valence-electron chi connectivity index (χ0n) is 7.69. The van der Waals surface area contributed by atoms with E-state index in [1.165, 1.54) is 6.07 Å². The minimum atomic E-state index is -5.00. The normalized spacial score (nSPS) is 11.8. The maximum Gasteiger partial charge on any atom is 0.573 e. The van der Waals surface area contributed by atoms with Crippen LogP contribution in [0, 0.1) is 0 Å². The second-order valence-corrected chi connectivity index (χ2v) is 4.41. The largest absolute Gasteiger partial charge is 0.573 e. The number of benzene rings is 1. The lowest BCUT2D eigenvalue weighted by molar-refractivity contribution is -0.275. The Balaban J connectivity index is 3.15. The molecule has 1 rings (SSSR count). The molecule has 1 aromatic rings. The fraction of sp³-hybridized carbons (Fsp3) is 0.250. The van der Waals surface area contributed by atoms with Crippen LogP contribution in [0.5, 0.6) is 11.5 Å². The Morgan fingerprint density at radius 3 is 2.18 bits per heavy atom. The highest BCUT2D eigenvalue weighted by molar-refractivity contribution is 9.11. The van der Waals surface area contributed by atoms with Crippen LogP contribution < -0.4 is 9.47 Å². The average molecular weight is 386 g/mol. The molecule has 17 heavy (non-hydrogen) atoms. The second-order valence-electron chi connectivity index (χ2n) is 2.64. The van der Waals surface area contributed by atoms with Crippen molar-refractivity contribution < 1.29 is 31.4 Å². The van der Waals surface area contributed by atoms with Crippen molar-refractivity contribution in [2.75, 3.05) is 0 Å². The molecule has 2 nitrogen and oxygen atoms in total. The van der Waals surface area contributed by atoms with Gasteiger partial charge in [-0.25, -0.2) is 0 Å². The first-order valence-electron chi connectivity index (χ1n) is 3.88. The van der Waals surface area contributed by atoms with Crippen molar-refractivity contribution >= 4 is 31.9 Å². The molecule has 0 spiro atoms. The highest BCUT2D eigenvalue weighted by atomic mass is 79.9. The van der Waals surface area contributed by atoms with E-state index in [2.05, 4.69) is 41.3 Å². The molecular formula is C8H3Br2F5O2. The predicted molar refractivity (Wildman–Crippen MR) is 55.2 cm³/mol. The molecule has 0 bridgehead atoms. The Morgan fingerprint density at radius 2 is 1.71 bits per heavy atom. The van der Waals surface area contributed by atoms with Crippen LogP contribution in [0.1, 0.15) is 0 Å². The molecular weight excluding hydrogens is 383 g/mol. The minimum absolute atomic E-state index is 0.0913. The molecule has 0 aromatic heterocycles. The highest BCUT2D eigenvalue weighted by Gasteiger charge is 2.33. The number of rotatable bonds is 3. The third-order valence-corrected chi connectivity index (χ3v) is 2.45. The summed E-state index contributed by atoms with van der Waals surface area (Å²) in [4.78, 5) is 0. The van der Waals surface area contributed by atoms with Crippen LogP contribution in [0.15, 0.2) is 21.1 Å². The summed E-state index contributed by atoms with van der Waals surface area (Å²) >= 11 is 5.70. The van der Waals surface area contributed by atoms with Crippen LogP contribution in [0.4, 0.5) is 22.0 Å². The van der Waals surface area contributed by atoms with Crippen LogP contribution in [-0.2, 0) is 0 Å². The van der Waals surface area contributed by atoms with Gasteiger partial charge in [0.15, 0.2) is 11.5 Å². The maximum absolute atomic E-state index is 12.0. The fourth-order valence-electron chi connectivity index (χ4n) is 0.941. The third-order valence-electron chi connectivity index (χ3n) is 1.41. The SMILES string of the molecule is FC(F)Oc1c(Br)cc(Br)cc1OC(F)(F)F. The van der Waals surface area contributed by atoms with Gasteiger partial charge in [0.1, 0.15) is 0 Å². The van der Waals surface area contributed by atoms with Crippen molar-refractivity contribution in [2.24, 2.45) is 0 Å². The lowest BCUT2D eigenvalue weighted by atomic mass is 10.3. The summed E-state index contributed by atoms with van der Waals surface area (Å²) in [6.07, 6.45) is -5.00. The first kappa shape index (κ1) is 14.5. The zero-order valence-corrected chi connectivity index (χ0v) is 10.9. The van der Waals surface area contributed by atoms with Crippen molar-refractivity contribution in [2.45, 2.75) is 13.0 Å². The second kappa shape index (κ2) is 5.38. The molecule has 0 aliphatic heterocycles. The van der Waals surface area contributed by atoms with Gasteiger partial charge in [0.2, 0.25) is 0 Å². The molecule has 0 saturated carbocycles. The van der Waals surface area contributed by atoms with Gasteiger partial charge in [-0.15, -0.1) is 13.2 Å². The van der Waals surface area contributed by atoms with Gasteiger partial charge in [-0.3, -0.25) is 0 Å². The molecule has 0 amide bonds. The Labute approximate surface area is 109 Å². The van der Waals surface area contributed by atoms with Crippen molar-refractivity contribution in [1.29, 1.82) is 0 Å². The highest BCUT2D eigenvalue weighted by Crippen LogP contribution is 2.41. The van der Waals surface area contributed by atoms with Gasteiger partial charge in [-0.05, 0) is 28.1 Å². The third kappa shape index (κ3) is 4.66. The van der Waals surface area contributed by atoms with E-state index in [9.17, 15) is 22.0 Å². The van der Waals surface area contributed by atoms with E-state index in [0.717, 1.165) is 6.07 Å². The van der Waals surface area contributed by atoms with Crippen LogP contribution >= 0.6 is 31.9 Å². The van der Waals surface area contributed by atoms with Crippen LogP contribution in [0.3, 0.4) is 0 Å². The molecule has 9 heteroatoms. The smallest absolute Gasteiger partial charge is 0.430 e. The molecule has 0 unspecified atom stereocenters. The number of halogens is 7. The Hall–Kier alpha value is -0.570. The van der Waals surface area contributed by atoms with E-state index in [0.29, 0.717) is 0 Å². The molecule has 0 N–H and O–H groups in total. The average Bonchev–Trinajstić information content (AvgIpc) is 2.07. The quantitative estimate of drug-likeness (QED) is 0.701. The van der Waals surface area contributed by atoms with Gasteiger partial charge >= 0.3 is 13.0 Å². The summed E-state index contributed by atoms with van der Waals surface area (Å²) < 4.78 is 67.8. The van der Waals surface area contributed by atoms with Crippen LogP contribution in [0.2, 0.25) is 0 Å². The molecule has 0 aliphatic rings. The lowest BCUT2D eigenvalue weighted by Crippen LogP contribution is -2.18. The van der Waals surface area contributed by atoms with E-state index in [-0.39, 0.29) is 8.95 Å². The monoisotopic (exact) mass is 384 g/mol. The summed E-state index contributed by atoms with van der Waals surface area (Å²) in [5.74, 6) is -1.58. The summed E-state index contributed by atoms with van der Waals surface area (Å²) in [6.45, 7) is -3.26. The molecule has 0 aliphatic carbocycles. The topological polar surface area (TPSA) is 18.5 Å². The zero-order chi connectivity index (χ0) is 13.2. The van der Waals surface area contributed by atoms with Crippen molar-refractivity contribution in [1.82, 2.24) is 0 Å². The first-order valence-corrected chi connectivity index (χ1v) is 5.47. The minimum Gasteiger partial charge on any atom is -0.430 e. The van der Waals surface area contributed by atoms with Gasteiger partial charge in [-0.1, -0.05) is 15.9 Å². The van der Waals surface area contributed by atoms with E-state index in [4.69, 9.17) is 0 Å². The van der Waals surface area contributed by atoms with Gasteiger partial charge < -0.3 is 9.47 Å². The van der Waals surface area contributed by atoms with Crippen LogP contribution in [0.25, 0.3) is 0 Å². The Kier molecular flexibility index (Phi) is 4.59. The van der Waals surface area contributed by atoms with Gasteiger partial charge in [0.05, 0.1) is 4.47 Å². The number of hydrogen-bond donors (Lipinski definition) is 0. The number of ether oxygens (including phenoxy) is 2. The molecule has 0 saturated heterocycles. The summed E-state index contributed by atoms with van der Waals surface area (Å²) in [5, 5.41) is 0. The molecule has 1 aromatic carbocycles. The van der Waals surface area contributed by atoms with E-state index >= 15 is 0 Å². The maximum atomic E-state index is 12.0. The van der Waals surface area contributed by atoms with Gasteiger partial charge in [-0.2, -0.15) is 8.78 Å². The number of hydrogen-bond acceptors (Lipinski definition) is 2. The van der Waals surface area contributed by atoms with Crippen molar-refractivity contribution in [3.63, 3.8) is 0 Å². The Morgan fingerprint density at radius 1 is 1.12 bits per heavy atom. The lowest BCUT2D eigenvalue weighted by Gasteiger charge is -2.15.